The zero-order valence-corrected chi connectivity index (χ0v) is 22.2. The molecule has 3 rings (SSSR count). The molecule has 0 fully saturated rings. The minimum Gasteiger partial charge on any atom is -0.506 e. The number of benzene rings is 3. The van der Waals surface area contributed by atoms with E-state index in [1.54, 1.807) is 73.7 Å². The number of hydrogen-bond acceptors (Lipinski definition) is 6. The SMILES string of the molecule is C[C@@H](/C=C/C(=O)Nc1ccccc1N)[C@@H](OC(=O)NC(=O)c1ccccc1)c1cc(Br)cc(Br)c1O. The molecule has 0 unspecified atom stereocenters. The summed E-state index contributed by atoms with van der Waals surface area (Å²) in [6.07, 6.45) is 0.754. The van der Waals surface area contributed by atoms with Crippen LogP contribution in [-0.4, -0.2) is 23.0 Å². The number of amides is 3. The fraction of sp³-hybridized carbons (Fsp3) is 0.115. The first-order chi connectivity index (χ1) is 17.2. The van der Waals surface area contributed by atoms with Crippen LogP contribution in [0.3, 0.4) is 0 Å². The number of nitrogens with one attached hydrogen (secondary N) is 2. The Labute approximate surface area is 224 Å². The fourth-order valence-corrected chi connectivity index (χ4v) is 4.54. The lowest BCUT2D eigenvalue weighted by Crippen LogP contribution is -2.33. The summed E-state index contributed by atoms with van der Waals surface area (Å²) in [7, 11) is 0. The third-order valence-corrected chi connectivity index (χ3v) is 6.16. The van der Waals surface area contributed by atoms with Crippen molar-refractivity contribution in [2.75, 3.05) is 11.1 Å². The van der Waals surface area contributed by atoms with Gasteiger partial charge in [0.25, 0.3) is 5.91 Å². The van der Waals surface area contributed by atoms with Crippen molar-refractivity contribution in [2.45, 2.75) is 13.0 Å². The van der Waals surface area contributed by atoms with Gasteiger partial charge in [-0.3, -0.25) is 14.9 Å². The molecule has 0 saturated carbocycles. The highest BCUT2D eigenvalue weighted by atomic mass is 79.9. The summed E-state index contributed by atoms with van der Waals surface area (Å²) in [5, 5.41) is 15.5. The quantitative estimate of drug-likeness (QED) is 0.192. The van der Waals surface area contributed by atoms with Crippen molar-refractivity contribution >= 4 is 61.1 Å². The Morgan fingerprint density at radius 1 is 1.03 bits per heavy atom. The Hall–Kier alpha value is -3.63. The van der Waals surface area contributed by atoms with Crippen molar-refractivity contribution in [1.29, 1.82) is 0 Å². The fourth-order valence-electron chi connectivity index (χ4n) is 3.28. The Morgan fingerprint density at radius 3 is 2.39 bits per heavy atom. The third-order valence-electron chi connectivity index (χ3n) is 5.10. The predicted molar refractivity (Wildman–Crippen MR) is 144 cm³/mol. The summed E-state index contributed by atoms with van der Waals surface area (Å²) in [6.45, 7) is 1.70. The number of nitrogens with two attached hydrogens (primary N) is 1. The van der Waals surface area contributed by atoms with Crippen LogP contribution < -0.4 is 16.4 Å². The van der Waals surface area contributed by atoms with Gasteiger partial charge in [-0.25, -0.2) is 4.79 Å². The van der Waals surface area contributed by atoms with Crippen LogP contribution in [-0.2, 0) is 9.53 Å². The number of hydrogen-bond donors (Lipinski definition) is 4. The smallest absolute Gasteiger partial charge is 0.414 e. The molecule has 0 bridgehead atoms. The van der Waals surface area contributed by atoms with Crippen LogP contribution in [0.15, 0.2) is 87.8 Å². The number of ether oxygens (including phenoxy) is 1. The molecule has 36 heavy (non-hydrogen) atoms. The maximum absolute atomic E-state index is 12.6. The summed E-state index contributed by atoms with van der Waals surface area (Å²) >= 11 is 6.64. The van der Waals surface area contributed by atoms with Gasteiger partial charge in [0, 0.05) is 21.5 Å². The van der Waals surface area contributed by atoms with Crippen LogP contribution in [0.25, 0.3) is 0 Å². The highest BCUT2D eigenvalue weighted by Crippen LogP contribution is 2.40. The van der Waals surface area contributed by atoms with Crippen LogP contribution in [0.2, 0.25) is 0 Å². The molecule has 5 N–H and O–H groups in total. The van der Waals surface area contributed by atoms with Gasteiger partial charge in [-0.05, 0) is 58.4 Å². The first-order valence-electron chi connectivity index (χ1n) is 10.7. The molecule has 8 nitrogen and oxygen atoms in total. The lowest BCUT2D eigenvalue weighted by Gasteiger charge is -2.24. The third kappa shape index (κ3) is 7.19. The van der Waals surface area contributed by atoms with Gasteiger partial charge in [0.2, 0.25) is 5.91 Å². The van der Waals surface area contributed by atoms with Crippen LogP contribution in [0, 0.1) is 5.92 Å². The van der Waals surface area contributed by atoms with Crippen LogP contribution in [0.4, 0.5) is 16.2 Å². The number of phenols is 1. The van der Waals surface area contributed by atoms with E-state index in [4.69, 9.17) is 10.5 Å². The zero-order chi connectivity index (χ0) is 26.2. The number of anilines is 2. The monoisotopic (exact) mass is 615 g/mol. The largest absolute Gasteiger partial charge is 0.506 e. The second-order valence-electron chi connectivity index (χ2n) is 7.77. The molecule has 3 aromatic rings. The van der Waals surface area contributed by atoms with E-state index in [2.05, 4.69) is 42.5 Å². The Morgan fingerprint density at radius 2 is 1.69 bits per heavy atom. The Kier molecular flexibility index (Phi) is 9.26. The molecule has 0 spiro atoms. The van der Waals surface area contributed by atoms with E-state index in [-0.39, 0.29) is 16.9 Å². The zero-order valence-electron chi connectivity index (χ0n) is 19.1. The number of carbonyl (C=O) groups excluding carboxylic acids is 3. The van der Waals surface area contributed by atoms with Gasteiger partial charge in [0.05, 0.1) is 15.8 Å². The molecule has 0 aliphatic rings. The van der Waals surface area contributed by atoms with Crippen LogP contribution in [0.5, 0.6) is 5.75 Å². The van der Waals surface area contributed by atoms with Crippen LogP contribution in [0.1, 0.15) is 28.9 Å². The van der Waals surface area contributed by atoms with Gasteiger partial charge in [0.1, 0.15) is 11.9 Å². The molecule has 3 aromatic carbocycles. The molecule has 2 atom stereocenters. The molecule has 3 amide bonds. The van der Waals surface area contributed by atoms with E-state index in [0.29, 0.717) is 20.3 Å². The van der Waals surface area contributed by atoms with Gasteiger partial charge in [0.15, 0.2) is 0 Å². The number of carbonyl (C=O) groups is 3. The second kappa shape index (κ2) is 12.4. The number of alkyl carbamates (subject to hydrolysis) is 1. The number of para-hydroxylation sites is 2. The van der Waals surface area contributed by atoms with Gasteiger partial charge >= 0.3 is 6.09 Å². The molecular weight excluding hydrogens is 594 g/mol. The highest BCUT2D eigenvalue weighted by molar-refractivity contribution is 9.11. The number of aromatic hydroxyl groups is 1. The molecular formula is C26H23Br2N3O5. The summed E-state index contributed by atoms with van der Waals surface area (Å²) < 4.78 is 6.56. The van der Waals surface area contributed by atoms with Crippen molar-refractivity contribution in [3.05, 3.63) is 99.0 Å². The van der Waals surface area contributed by atoms with E-state index in [1.165, 1.54) is 12.2 Å². The number of phenolic OH excluding ortho intramolecular Hbond substituents is 1. The maximum Gasteiger partial charge on any atom is 0.414 e. The van der Waals surface area contributed by atoms with E-state index in [0.717, 1.165) is 0 Å². The number of imide groups is 1. The Balaban J connectivity index is 1.81. The van der Waals surface area contributed by atoms with Gasteiger partial charge in [-0.1, -0.05) is 59.3 Å². The van der Waals surface area contributed by atoms with E-state index >= 15 is 0 Å². The average molecular weight is 617 g/mol. The standard InChI is InChI=1S/C26H23Br2N3O5/c1-15(11-12-22(32)30-21-10-6-5-9-20(21)29)24(18-13-17(27)14-19(28)23(18)33)36-26(35)31-25(34)16-7-3-2-4-8-16/h2-15,24,33H,29H2,1H3,(H,30,32)(H,31,34,35)/b12-11+/t15-,24+/m0/s1. The lowest BCUT2D eigenvalue weighted by atomic mass is 9.96. The molecule has 0 saturated heterocycles. The lowest BCUT2D eigenvalue weighted by molar-refractivity contribution is -0.111. The molecule has 0 aromatic heterocycles. The van der Waals surface area contributed by atoms with Gasteiger partial charge in [-0.15, -0.1) is 0 Å². The molecule has 10 heteroatoms. The Bertz CT molecular complexity index is 1300. The normalized spacial score (nSPS) is 12.5. The minimum atomic E-state index is -1.05. The number of rotatable bonds is 7. The summed E-state index contributed by atoms with van der Waals surface area (Å²) in [5.74, 6) is -1.82. The first kappa shape index (κ1) is 27.0. The minimum absolute atomic E-state index is 0.146. The van der Waals surface area contributed by atoms with Crippen molar-refractivity contribution in [1.82, 2.24) is 5.32 Å². The molecule has 0 radical (unpaired) electrons. The molecule has 0 aliphatic carbocycles. The van der Waals surface area contributed by atoms with E-state index in [9.17, 15) is 19.5 Å². The van der Waals surface area contributed by atoms with Gasteiger partial charge < -0.3 is 20.9 Å². The molecule has 0 heterocycles. The first-order valence-corrected chi connectivity index (χ1v) is 12.3. The van der Waals surface area contributed by atoms with Gasteiger partial charge in [-0.2, -0.15) is 0 Å². The van der Waals surface area contributed by atoms with E-state index < -0.39 is 29.9 Å². The number of halogens is 2. The summed E-state index contributed by atoms with van der Waals surface area (Å²) in [5.41, 5.74) is 7.28. The average Bonchev–Trinajstić information content (AvgIpc) is 2.85. The molecule has 186 valence electrons. The van der Waals surface area contributed by atoms with Crippen molar-refractivity contribution < 1.29 is 24.2 Å². The number of nitrogen functional groups attached to an aromatic ring is 1. The molecule has 0 aliphatic heterocycles. The van der Waals surface area contributed by atoms with E-state index in [1.807, 2.05) is 0 Å². The maximum atomic E-state index is 12.6. The second-order valence-corrected chi connectivity index (χ2v) is 9.54. The van der Waals surface area contributed by atoms with Crippen molar-refractivity contribution in [2.24, 2.45) is 5.92 Å². The van der Waals surface area contributed by atoms with Crippen LogP contribution >= 0.6 is 31.9 Å². The summed E-state index contributed by atoms with van der Waals surface area (Å²) in [6, 6.07) is 18.2. The topological polar surface area (TPSA) is 131 Å². The highest BCUT2D eigenvalue weighted by Gasteiger charge is 2.27. The van der Waals surface area contributed by atoms with Crippen molar-refractivity contribution in [3.63, 3.8) is 0 Å². The van der Waals surface area contributed by atoms with Crippen molar-refractivity contribution in [3.8, 4) is 5.75 Å². The summed E-state index contributed by atoms with van der Waals surface area (Å²) in [4.78, 5) is 37.5. The predicted octanol–water partition coefficient (Wildman–Crippen LogP) is 5.94.